The van der Waals surface area contributed by atoms with E-state index < -0.39 is 5.97 Å². The molecule has 3 rings (SSSR count). The minimum atomic E-state index is -0.550. The van der Waals surface area contributed by atoms with Crippen LogP contribution in [-0.2, 0) is 4.79 Å². The molecule has 1 atom stereocenters. The Labute approximate surface area is 145 Å². The topological polar surface area (TPSA) is 84.5 Å². The number of rotatable bonds is 4. The molecule has 2 aromatic carbocycles. The van der Waals surface area contributed by atoms with E-state index >= 15 is 0 Å². The number of hydrogen-bond acceptors (Lipinski definition) is 6. The number of carbonyl (C=O) groups is 3. The molecule has 128 valence electrons. The molecule has 0 aliphatic heterocycles. The van der Waals surface area contributed by atoms with E-state index in [0.717, 1.165) is 0 Å². The summed E-state index contributed by atoms with van der Waals surface area (Å²) in [5.41, 5.74) is 1.52. The molecule has 0 heterocycles. The second kappa shape index (κ2) is 6.49. The average Bonchev–Trinajstić information content (AvgIpc) is 2.60. The fourth-order valence-corrected chi connectivity index (χ4v) is 2.86. The largest absolute Gasteiger partial charge is 0.426 e. The third kappa shape index (κ3) is 2.92. The lowest BCUT2D eigenvalue weighted by molar-refractivity contribution is -0.131. The lowest BCUT2D eigenvalue weighted by Gasteiger charge is -2.24. The van der Waals surface area contributed by atoms with Gasteiger partial charge in [-0.1, -0.05) is 24.3 Å². The van der Waals surface area contributed by atoms with Gasteiger partial charge >= 0.3 is 5.97 Å². The third-order valence-corrected chi connectivity index (χ3v) is 4.10. The van der Waals surface area contributed by atoms with Gasteiger partial charge in [-0.15, -0.1) is 0 Å². The molecule has 0 fully saturated rings. The first-order valence-corrected chi connectivity index (χ1v) is 7.91. The van der Waals surface area contributed by atoms with Crippen molar-refractivity contribution in [1.29, 1.82) is 0 Å². The van der Waals surface area contributed by atoms with Gasteiger partial charge in [-0.2, -0.15) is 0 Å². The van der Waals surface area contributed by atoms with Crippen LogP contribution in [0.1, 0.15) is 45.7 Å². The smallest absolute Gasteiger partial charge is 0.308 e. The van der Waals surface area contributed by atoms with E-state index in [4.69, 9.17) is 4.74 Å². The van der Waals surface area contributed by atoms with Crippen LogP contribution in [0.4, 0.5) is 5.69 Å². The van der Waals surface area contributed by atoms with E-state index in [0.29, 0.717) is 16.8 Å². The van der Waals surface area contributed by atoms with Gasteiger partial charge in [-0.05, 0) is 26.1 Å². The summed E-state index contributed by atoms with van der Waals surface area (Å²) in [6.07, 6.45) is -0.122. The molecule has 2 aromatic rings. The highest BCUT2D eigenvalue weighted by Gasteiger charge is 2.34. The molecule has 25 heavy (non-hydrogen) atoms. The molecule has 2 N–H and O–H groups in total. The minimum absolute atomic E-state index is 0.0954. The number of carbonyl (C=O) groups excluding carboxylic acids is 3. The number of benzene rings is 2. The normalized spacial score (nSPS) is 13.7. The molecule has 0 saturated carbocycles. The summed E-state index contributed by atoms with van der Waals surface area (Å²) in [6.45, 7) is 3.14. The van der Waals surface area contributed by atoms with Crippen LogP contribution in [0.3, 0.4) is 0 Å². The van der Waals surface area contributed by atoms with E-state index in [1.165, 1.54) is 13.0 Å². The fraction of sp³-hybridized carbons (Fsp3) is 0.211. The minimum Gasteiger partial charge on any atom is -0.426 e. The Morgan fingerprint density at radius 3 is 2.16 bits per heavy atom. The van der Waals surface area contributed by atoms with Crippen LogP contribution < -0.4 is 15.4 Å². The van der Waals surface area contributed by atoms with Crippen LogP contribution >= 0.6 is 0 Å². The number of hydrogen-bond donors (Lipinski definition) is 2. The number of ether oxygens (including phenoxy) is 1. The second-order valence-corrected chi connectivity index (χ2v) is 5.81. The number of nitrogens with one attached hydrogen (secondary N) is 2. The summed E-state index contributed by atoms with van der Waals surface area (Å²) in [5.74, 6) is -1.06. The predicted octanol–water partition coefficient (Wildman–Crippen LogP) is 2.36. The zero-order valence-electron chi connectivity index (χ0n) is 14.2. The third-order valence-electron chi connectivity index (χ3n) is 4.10. The highest BCUT2D eigenvalue weighted by atomic mass is 16.5. The standard InChI is InChI=1S/C19H18N2O4/c1-10(20-3)21-14-8-9-15(25-11(2)22)17-16(14)18(23)12-6-4-5-7-13(12)19(17)24/h4-10,20-21H,1-3H3. The summed E-state index contributed by atoms with van der Waals surface area (Å²) in [4.78, 5) is 37.4. The number of fused-ring (bicyclic) bond motifs is 2. The summed E-state index contributed by atoms with van der Waals surface area (Å²) in [7, 11) is 1.78. The van der Waals surface area contributed by atoms with Crippen LogP contribution in [0.5, 0.6) is 5.75 Å². The van der Waals surface area contributed by atoms with E-state index in [-0.39, 0.29) is 34.6 Å². The van der Waals surface area contributed by atoms with Crippen molar-refractivity contribution in [3.8, 4) is 5.75 Å². The van der Waals surface area contributed by atoms with Crippen molar-refractivity contribution in [3.63, 3.8) is 0 Å². The Kier molecular flexibility index (Phi) is 4.37. The number of ketones is 2. The van der Waals surface area contributed by atoms with Gasteiger partial charge in [0.25, 0.3) is 0 Å². The first-order valence-electron chi connectivity index (χ1n) is 7.91. The van der Waals surface area contributed by atoms with E-state index in [1.807, 2.05) is 6.92 Å². The van der Waals surface area contributed by atoms with Crippen LogP contribution in [-0.4, -0.2) is 30.7 Å². The van der Waals surface area contributed by atoms with Crippen molar-refractivity contribution in [2.75, 3.05) is 12.4 Å². The molecule has 0 spiro atoms. The molecule has 6 nitrogen and oxygen atoms in total. The SMILES string of the molecule is CNC(C)Nc1ccc(OC(C)=O)c2c1C(=O)c1ccccc1C2=O. The zero-order chi connectivity index (χ0) is 18.1. The van der Waals surface area contributed by atoms with E-state index in [9.17, 15) is 14.4 Å². The Hall–Kier alpha value is -2.99. The number of esters is 1. The maximum absolute atomic E-state index is 13.0. The van der Waals surface area contributed by atoms with Crippen LogP contribution in [0.15, 0.2) is 36.4 Å². The Bertz CT molecular complexity index is 889. The lowest BCUT2D eigenvalue weighted by Crippen LogP contribution is -2.32. The molecule has 0 aromatic heterocycles. The zero-order valence-corrected chi connectivity index (χ0v) is 14.2. The molecular weight excluding hydrogens is 320 g/mol. The van der Waals surface area contributed by atoms with Gasteiger partial charge in [-0.25, -0.2) is 0 Å². The van der Waals surface area contributed by atoms with Gasteiger partial charge in [0.1, 0.15) is 5.75 Å². The van der Waals surface area contributed by atoms with Crippen molar-refractivity contribution >= 4 is 23.2 Å². The molecular formula is C19H18N2O4. The molecule has 0 amide bonds. The van der Waals surface area contributed by atoms with Crippen molar-refractivity contribution in [3.05, 3.63) is 58.7 Å². The molecule has 6 heteroatoms. The molecule has 0 bridgehead atoms. The van der Waals surface area contributed by atoms with Gasteiger partial charge in [0.2, 0.25) is 0 Å². The van der Waals surface area contributed by atoms with Crippen LogP contribution in [0.25, 0.3) is 0 Å². The summed E-state index contributed by atoms with van der Waals surface area (Å²) >= 11 is 0. The highest BCUT2D eigenvalue weighted by Crippen LogP contribution is 2.37. The Morgan fingerprint density at radius 1 is 1.00 bits per heavy atom. The maximum atomic E-state index is 13.0. The molecule has 1 unspecified atom stereocenters. The van der Waals surface area contributed by atoms with E-state index in [2.05, 4.69) is 10.6 Å². The van der Waals surface area contributed by atoms with Gasteiger partial charge in [0, 0.05) is 23.7 Å². The lowest BCUT2D eigenvalue weighted by atomic mass is 9.82. The molecule has 1 aliphatic carbocycles. The first-order chi connectivity index (χ1) is 11.9. The van der Waals surface area contributed by atoms with Crippen LogP contribution in [0.2, 0.25) is 0 Å². The van der Waals surface area contributed by atoms with Gasteiger partial charge in [0.05, 0.1) is 17.3 Å². The summed E-state index contributed by atoms with van der Waals surface area (Å²) in [6, 6.07) is 9.82. The monoisotopic (exact) mass is 338 g/mol. The number of anilines is 1. The average molecular weight is 338 g/mol. The molecule has 0 saturated heterocycles. The van der Waals surface area contributed by atoms with Crippen molar-refractivity contribution in [2.45, 2.75) is 20.0 Å². The maximum Gasteiger partial charge on any atom is 0.308 e. The predicted molar refractivity (Wildman–Crippen MR) is 93.2 cm³/mol. The van der Waals surface area contributed by atoms with Crippen molar-refractivity contribution in [2.24, 2.45) is 0 Å². The quantitative estimate of drug-likeness (QED) is 0.432. The van der Waals surface area contributed by atoms with Gasteiger partial charge < -0.3 is 15.4 Å². The van der Waals surface area contributed by atoms with Gasteiger partial charge in [0.15, 0.2) is 11.6 Å². The first kappa shape index (κ1) is 16.9. The fourth-order valence-electron chi connectivity index (χ4n) is 2.86. The molecule has 1 aliphatic rings. The molecule has 0 radical (unpaired) electrons. The van der Waals surface area contributed by atoms with Gasteiger partial charge in [-0.3, -0.25) is 14.4 Å². The Balaban J connectivity index is 2.24. The Morgan fingerprint density at radius 2 is 1.60 bits per heavy atom. The van der Waals surface area contributed by atoms with Crippen molar-refractivity contribution in [1.82, 2.24) is 5.32 Å². The summed E-state index contributed by atoms with van der Waals surface area (Å²) in [5, 5.41) is 6.18. The van der Waals surface area contributed by atoms with E-state index in [1.54, 1.807) is 37.4 Å². The summed E-state index contributed by atoms with van der Waals surface area (Å²) < 4.78 is 5.18. The van der Waals surface area contributed by atoms with Crippen LogP contribution in [0, 0.1) is 0 Å². The van der Waals surface area contributed by atoms with Crippen molar-refractivity contribution < 1.29 is 19.1 Å². The highest BCUT2D eigenvalue weighted by molar-refractivity contribution is 6.31. The second-order valence-electron chi connectivity index (χ2n) is 5.81.